The minimum absolute atomic E-state index is 0.0155. The molecule has 206 valence electrons. The van der Waals surface area contributed by atoms with Crippen molar-refractivity contribution in [1.82, 2.24) is 25.8 Å². The average Bonchev–Trinajstić information content (AvgIpc) is 3.52. The van der Waals surface area contributed by atoms with E-state index in [1.54, 1.807) is 16.4 Å². The third-order valence-electron chi connectivity index (χ3n) is 6.83. The second-order valence-electron chi connectivity index (χ2n) is 10.5. The Kier molecular flexibility index (Phi) is 9.43. The number of unbranched alkanes of at least 4 members (excludes halogenated alkanes) is 1. The maximum atomic E-state index is 12.6. The van der Waals surface area contributed by atoms with Gasteiger partial charge in [-0.05, 0) is 66.0 Å². The van der Waals surface area contributed by atoms with E-state index in [4.69, 9.17) is 5.21 Å². The number of amides is 3. The number of aromatic nitrogens is 3. The summed E-state index contributed by atoms with van der Waals surface area (Å²) in [6.07, 6.45) is 4.97. The normalized spacial score (nSPS) is 12.5. The Morgan fingerprint density at radius 2 is 1.82 bits per heavy atom. The molecule has 10 heteroatoms. The standard InChI is InChI=1S/C29H36N6O4/c1-19(2)13-22(16-28(37)33-39)29(38)30-17-24-18-35(34-32-24)12-6-5-9-27(36)31-23-10-11-26-21(15-23)14-20-7-3-4-8-25(20)26/h3-4,7-8,10-11,15,18-19,22,39H,5-6,9,12-14,16-17H2,1-2H3,(H,30,38)(H,31,36)(H,33,37). The molecular weight excluding hydrogens is 496 g/mol. The number of hydroxylamine groups is 1. The number of benzene rings is 2. The van der Waals surface area contributed by atoms with Gasteiger partial charge in [-0.3, -0.25) is 24.3 Å². The van der Waals surface area contributed by atoms with E-state index in [0.29, 0.717) is 31.5 Å². The number of nitrogens with zero attached hydrogens (tertiary/aromatic N) is 3. The second-order valence-corrected chi connectivity index (χ2v) is 10.5. The molecular formula is C29H36N6O4. The van der Waals surface area contributed by atoms with E-state index in [1.807, 2.05) is 19.9 Å². The lowest BCUT2D eigenvalue weighted by Gasteiger charge is -2.17. The first-order valence-corrected chi connectivity index (χ1v) is 13.4. The Morgan fingerprint density at radius 1 is 1.03 bits per heavy atom. The van der Waals surface area contributed by atoms with Gasteiger partial charge in [-0.1, -0.05) is 49.4 Å². The molecule has 0 fully saturated rings. The summed E-state index contributed by atoms with van der Waals surface area (Å²) in [5.74, 6) is -1.18. The van der Waals surface area contributed by atoms with E-state index in [2.05, 4.69) is 57.3 Å². The quantitative estimate of drug-likeness (QED) is 0.117. The number of aryl methyl sites for hydroxylation is 1. The van der Waals surface area contributed by atoms with Crippen LogP contribution in [0.4, 0.5) is 5.69 Å². The first kappa shape index (κ1) is 28.0. The highest BCUT2D eigenvalue weighted by Gasteiger charge is 2.23. The lowest BCUT2D eigenvalue weighted by molar-refractivity contribution is -0.135. The highest BCUT2D eigenvalue weighted by atomic mass is 16.5. The summed E-state index contributed by atoms with van der Waals surface area (Å²) in [7, 11) is 0. The number of rotatable bonds is 13. The van der Waals surface area contributed by atoms with E-state index < -0.39 is 11.8 Å². The van der Waals surface area contributed by atoms with Crippen LogP contribution < -0.4 is 16.1 Å². The second kappa shape index (κ2) is 13.1. The maximum Gasteiger partial charge on any atom is 0.244 e. The number of hydrogen-bond acceptors (Lipinski definition) is 6. The fourth-order valence-corrected chi connectivity index (χ4v) is 4.98. The van der Waals surface area contributed by atoms with Gasteiger partial charge in [-0.2, -0.15) is 0 Å². The zero-order valence-electron chi connectivity index (χ0n) is 22.4. The lowest BCUT2D eigenvalue weighted by Crippen LogP contribution is -2.34. The van der Waals surface area contributed by atoms with Crippen LogP contribution in [-0.4, -0.2) is 37.9 Å². The van der Waals surface area contributed by atoms with Gasteiger partial charge in [0.05, 0.1) is 12.7 Å². The van der Waals surface area contributed by atoms with Crippen LogP contribution in [0.1, 0.15) is 62.8 Å². The largest absolute Gasteiger partial charge is 0.350 e. The van der Waals surface area contributed by atoms with Crippen molar-refractivity contribution >= 4 is 23.4 Å². The Hall–Kier alpha value is -4.05. The summed E-state index contributed by atoms with van der Waals surface area (Å²) in [6.45, 7) is 4.75. The summed E-state index contributed by atoms with van der Waals surface area (Å²) in [4.78, 5) is 36.6. The van der Waals surface area contributed by atoms with Gasteiger partial charge in [0.15, 0.2) is 0 Å². The van der Waals surface area contributed by atoms with Crippen LogP contribution in [0.15, 0.2) is 48.7 Å². The number of hydrogen-bond donors (Lipinski definition) is 4. The molecule has 0 radical (unpaired) electrons. The van der Waals surface area contributed by atoms with Gasteiger partial charge in [-0.15, -0.1) is 5.10 Å². The third-order valence-corrected chi connectivity index (χ3v) is 6.83. The smallest absolute Gasteiger partial charge is 0.244 e. The van der Waals surface area contributed by atoms with Gasteiger partial charge in [-0.25, -0.2) is 5.48 Å². The lowest BCUT2D eigenvalue weighted by atomic mass is 9.93. The van der Waals surface area contributed by atoms with E-state index >= 15 is 0 Å². The molecule has 3 amide bonds. The van der Waals surface area contributed by atoms with E-state index in [-0.39, 0.29) is 30.7 Å². The van der Waals surface area contributed by atoms with Gasteiger partial charge >= 0.3 is 0 Å². The fraction of sp³-hybridized carbons (Fsp3) is 0.414. The molecule has 1 atom stereocenters. The predicted octanol–water partition coefficient (Wildman–Crippen LogP) is 3.83. The average molecular weight is 533 g/mol. The Balaban J connectivity index is 1.17. The number of nitrogens with one attached hydrogen (secondary N) is 3. The third kappa shape index (κ3) is 7.73. The molecule has 4 rings (SSSR count). The molecule has 4 N–H and O–H groups in total. The molecule has 2 aromatic carbocycles. The summed E-state index contributed by atoms with van der Waals surface area (Å²) < 4.78 is 1.70. The summed E-state index contributed by atoms with van der Waals surface area (Å²) in [5, 5.41) is 22.8. The molecule has 1 unspecified atom stereocenters. The molecule has 39 heavy (non-hydrogen) atoms. The van der Waals surface area contributed by atoms with Crippen LogP contribution in [0, 0.1) is 11.8 Å². The predicted molar refractivity (Wildman–Crippen MR) is 147 cm³/mol. The van der Waals surface area contributed by atoms with Crippen molar-refractivity contribution in [3.8, 4) is 11.1 Å². The first-order valence-electron chi connectivity index (χ1n) is 13.4. The zero-order valence-corrected chi connectivity index (χ0v) is 22.4. The van der Waals surface area contributed by atoms with Crippen LogP contribution in [0.2, 0.25) is 0 Å². The molecule has 0 aliphatic heterocycles. The van der Waals surface area contributed by atoms with Crippen molar-refractivity contribution in [2.24, 2.45) is 11.8 Å². The van der Waals surface area contributed by atoms with Crippen molar-refractivity contribution in [2.45, 2.75) is 65.5 Å². The molecule has 0 spiro atoms. The van der Waals surface area contributed by atoms with Crippen LogP contribution >= 0.6 is 0 Å². The van der Waals surface area contributed by atoms with E-state index in [0.717, 1.165) is 18.5 Å². The Bertz CT molecular complexity index is 1320. The van der Waals surface area contributed by atoms with Crippen molar-refractivity contribution in [1.29, 1.82) is 0 Å². The molecule has 0 bridgehead atoms. The maximum absolute atomic E-state index is 12.6. The Labute approximate surface area is 228 Å². The highest BCUT2D eigenvalue weighted by molar-refractivity contribution is 5.91. The van der Waals surface area contributed by atoms with E-state index in [1.165, 1.54) is 22.3 Å². The molecule has 1 aliphatic carbocycles. The van der Waals surface area contributed by atoms with Gasteiger partial charge in [0.1, 0.15) is 5.69 Å². The number of carbonyl (C=O) groups excluding carboxylic acids is 3. The number of anilines is 1. The van der Waals surface area contributed by atoms with Crippen LogP contribution in [-0.2, 0) is 33.9 Å². The monoisotopic (exact) mass is 532 g/mol. The molecule has 1 heterocycles. The zero-order chi connectivity index (χ0) is 27.8. The van der Waals surface area contributed by atoms with Crippen molar-refractivity contribution in [3.63, 3.8) is 0 Å². The van der Waals surface area contributed by atoms with Crippen molar-refractivity contribution < 1.29 is 19.6 Å². The van der Waals surface area contributed by atoms with Gasteiger partial charge in [0.2, 0.25) is 17.7 Å². The summed E-state index contributed by atoms with van der Waals surface area (Å²) >= 11 is 0. The molecule has 1 aromatic heterocycles. The SMILES string of the molecule is CC(C)CC(CC(=O)NO)C(=O)NCc1cn(CCCCC(=O)Nc2ccc3c(c2)Cc2ccccc2-3)nn1. The Morgan fingerprint density at radius 3 is 2.62 bits per heavy atom. The highest BCUT2D eigenvalue weighted by Crippen LogP contribution is 2.37. The topological polar surface area (TPSA) is 138 Å². The minimum atomic E-state index is -0.589. The van der Waals surface area contributed by atoms with Gasteiger partial charge in [0, 0.05) is 31.0 Å². The van der Waals surface area contributed by atoms with Gasteiger partial charge in [0.25, 0.3) is 0 Å². The molecule has 0 saturated heterocycles. The molecule has 10 nitrogen and oxygen atoms in total. The van der Waals surface area contributed by atoms with Crippen molar-refractivity contribution in [2.75, 3.05) is 5.32 Å². The van der Waals surface area contributed by atoms with Crippen LogP contribution in [0.5, 0.6) is 0 Å². The number of fused-ring (bicyclic) bond motifs is 3. The fourth-order valence-electron chi connectivity index (χ4n) is 4.98. The first-order chi connectivity index (χ1) is 18.8. The van der Waals surface area contributed by atoms with Gasteiger partial charge < -0.3 is 10.6 Å². The van der Waals surface area contributed by atoms with Crippen LogP contribution in [0.3, 0.4) is 0 Å². The molecule has 0 saturated carbocycles. The number of carbonyl (C=O) groups is 3. The summed E-state index contributed by atoms with van der Waals surface area (Å²) in [5.41, 5.74) is 8.07. The van der Waals surface area contributed by atoms with Crippen molar-refractivity contribution in [3.05, 3.63) is 65.5 Å². The van der Waals surface area contributed by atoms with Crippen LogP contribution in [0.25, 0.3) is 11.1 Å². The molecule has 1 aliphatic rings. The molecule has 3 aromatic rings. The summed E-state index contributed by atoms with van der Waals surface area (Å²) in [6, 6.07) is 14.5. The van der Waals surface area contributed by atoms with E-state index in [9.17, 15) is 14.4 Å². The minimum Gasteiger partial charge on any atom is -0.350 e.